The smallest absolute Gasteiger partial charge is 0.303 e. The van der Waals surface area contributed by atoms with E-state index in [1.807, 2.05) is 6.92 Å². The number of aliphatic hydroxyl groups excluding tert-OH is 2. The van der Waals surface area contributed by atoms with Crippen molar-refractivity contribution in [3.05, 3.63) is 0 Å². The Morgan fingerprint density at radius 1 is 1.44 bits per heavy atom. The summed E-state index contributed by atoms with van der Waals surface area (Å²) >= 11 is 0. The topological polar surface area (TPSA) is 96.2 Å². The summed E-state index contributed by atoms with van der Waals surface area (Å²) in [6.07, 6.45) is -1.38. The van der Waals surface area contributed by atoms with Crippen molar-refractivity contribution in [2.24, 2.45) is 0 Å². The van der Waals surface area contributed by atoms with Crippen LogP contribution in [0.3, 0.4) is 0 Å². The molecule has 0 aromatic heterocycles. The Kier molecular flexibility index (Phi) is 6.01. The quantitative estimate of drug-likeness (QED) is 0.645. The Balaban J connectivity index is 2.30. The van der Waals surface area contributed by atoms with Crippen molar-refractivity contribution in [2.45, 2.75) is 70.2 Å². The fourth-order valence-corrected chi connectivity index (χ4v) is 1.90. The van der Waals surface area contributed by atoms with Gasteiger partial charge >= 0.3 is 5.97 Å². The van der Waals surface area contributed by atoms with E-state index in [4.69, 9.17) is 14.6 Å². The van der Waals surface area contributed by atoms with Gasteiger partial charge in [-0.05, 0) is 26.7 Å². The lowest BCUT2D eigenvalue weighted by Crippen LogP contribution is -2.48. The van der Waals surface area contributed by atoms with Crippen LogP contribution in [0.25, 0.3) is 0 Å². The lowest BCUT2D eigenvalue weighted by molar-refractivity contribution is -0.273. The molecule has 6 heteroatoms. The van der Waals surface area contributed by atoms with Gasteiger partial charge in [-0.1, -0.05) is 0 Å². The van der Waals surface area contributed by atoms with Gasteiger partial charge in [0.05, 0.1) is 18.3 Å². The van der Waals surface area contributed by atoms with E-state index in [0.717, 1.165) is 0 Å². The lowest BCUT2D eigenvalue weighted by atomic mass is 10.0. The van der Waals surface area contributed by atoms with E-state index in [-0.39, 0.29) is 25.0 Å². The third-order valence-electron chi connectivity index (χ3n) is 3.06. The van der Waals surface area contributed by atoms with Crippen LogP contribution >= 0.6 is 0 Å². The number of carboxylic acids is 1. The molecule has 3 N–H and O–H groups in total. The normalized spacial score (nSPS) is 34.2. The van der Waals surface area contributed by atoms with E-state index in [1.54, 1.807) is 6.92 Å². The van der Waals surface area contributed by atoms with Gasteiger partial charge in [-0.25, -0.2) is 0 Å². The average molecular weight is 262 g/mol. The van der Waals surface area contributed by atoms with Crippen molar-refractivity contribution in [2.75, 3.05) is 0 Å². The number of carbonyl (C=O) groups is 1. The summed E-state index contributed by atoms with van der Waals surface area (Å²) in [5.74, 6) is -0.826. The van der Waals surface area contributed by atoms with Crippen LogP contribution in [0.1, 0.15) is 39.5 Å². The van der Waals surface area contributed by atoms with Gasteiger partial charge in [0.1, 0.15) is 6.10 Å². The second kappa shape index (κ2) is 7.04. The minimum absolute atomic E-state index is 0.108. The number of rotatable bonds is 6. The molecule has 18 heavy (non-hydrogen) atoms. The van der Waals surface area contributed by atoms with E-state index in [9.17, 15) is 15.0 Å². The van der Waals surface area contributed by atoms with Crippen LogP contribution in [0.15, 0.2) is 0 Å². The summed E-state index contributed by atoms with van der Waals surface area (Å²) in [5, 5.41) is 27.7. The molecular weight excluding hydrogens is 240 g/mol. The molecule has 0 amide bonds. The number of hydrogen-bond acceptors (Lipinski definition) is 5. The Labute approximate surface area is 107 Å². The summed E-state index contributed by atoms with van der Waals surface area (Å²) in [6.45, 7) is 3.54. The number of hydrogen-bond donors (Lipinski definition) is 3. The third-order valence-corrected chi connectivity index (χ3v) is 3.06. The van der Waals surface area contributed by atoms with Crippen LogP contribution in [-0.4, -0.2) is 52.0 Å². The zero-order valence-electron chi connectivity index (χ0n) is 10.8. The zero-order valence-corrected chi connectivity index (χ0v) is 10.8. The maximum absolute atomic E-state index is 10.4. The molecule has 0 spiro atoms. The summed E-state index contributed by atoms with van der Waals surface area (Å²) in [5.41, 5.74) is 0. The lowest BCUT2D eigenvalue weighted by Gasteiger charge is -2.36. The second-order valence-electron chi connectivity index (χ2n) is 4.81. The first-order valence-electron chi connectivity index (χ1n) is 6.29. The fourth-order valence-electron chi connectivity index (χ4n) is 1.90. The molecule has 0 aromatic carbocycles. The first kappa shape index (κ1) is 15.4. The summed E-state index contributed by atoms with van der Waals surface area (Å²) in [4.78, 5) is 10.4. The molecule has 6 nitrogen and oxygen atoms in total. The van der Waals surface area contributed by atoms with Gasteiger partial charge in [-0.15, -0.1) is 0 Å². The Hall–Kier alpha value is -0.690. The van der Waals surface area contributed by atoms with E-state index < -0.39 is 24.5 Å². The molecule has 0 radical (unpaired) electrons. The highest BCUT2D eigenvalue weighted by molar-refractivity contribution is 5.66. The first-order chi connectivity index (χ1) is 8.40. The molecule has 1 fully saturated rings. The predicted molar refractivity (Wildman–Crippen MR) is 63.0 cm³/mol. The molecule has 0 aromatic rings. The van der Waals surface area contributed by atoms with Crippen molar-refractivity contribution >= 4 is 5.97 Å². The number of ether oxygens (including phenoxy) is 2. The molecule has 106 valence electrons. The Morgan fingerprint density at radius 3 is 2.72 bits per heavy atom. The molecule has 1 aliphatic rings. The molecule has 0 aliphatic carbocycles. The van der Waals surface area contributed by atoms with Crippen LogP contribution < -0.4 is 0 Å². The second-order valence-corrected chi connectivity index (χ2v) is 4.81. The van der Waals surface area contributed by atoms with Gasteiger partial charge in [0.15, 0.2) is 6.29 Å². The van der Waals surface area contributed by atoms with E-state index in [0.29, 0.717) is 12.8 Å². The molecule has 0 saturated carbocycles. The van der Waals surface area contributed by atoms with Crippen molar-refractivity contribution in [3.8, 4) is 0 Å². The van der Waals surface area contributed by atoms with Crippen LogP contribution in [0, 0.1) is 0 Å². The van der Waals surface area contributed by atoms with Crippen LogP contribution in [-0.2, 0) is 14.3 Å². The zero-order chi connectivity index (χ0) is 13.7. The molecule has 5 atom stereocenters. The number of aliphatic carboxylic acids is 1. The fraction of sp³-hybridized carbons (Fsp3) is 0.917. The molecule has 5 unspecified atom stereocenters. The SMILES string of the molecule is CC(CCCC(=O)O)OC1OC(C)C(O)CC1O. The minimum atomic E-state index is -0.849. The molecule has 0 bridgehead atoms. The van der Waals surface area contributed by atoms with Crippen LogP contribution in [0.5, 0.6) is 0 Å². The average Bonchev–Trinajstić information content (AvgIpc) is 2.25. The number of aliphatic hydroxyl groups is 2. The van der Waals surface area contributed by atoms with Crippen LogP contribution in [0.2, 0.25) is 0 Å². The van der Waals surface area contributed by atoms with Crippen LogP contribution in [0.4, 0.5) is 0 Å². The van der Waals surface area contributed by atoms with Gasteiger partial charge < -0.3 is 24.8 Å². The van der Waals surface area contributed by atoms with Gasteiger partial charge in [0.25, 0.3) is 0 Å². The molecule has 1 aliphatic heterocycles. The van der Waals surface area contributed by atoms with Crippen molar-refractivity contribution in [1.82, 2.24) is 0 Å². The van der Waals surface area contributed by atoms with Crippen molar-refractivity contribution in [3.63, 3.8) is 0 Å². The standard InChI is InChI=1S/C12H22O6/c1-7(4-3-5-11(15)16)17-12-10(14)6-9(13)8(2)18-12/h7-10,12-14H,3-6H2,1-2H3,(H,15,16). The van der Waals surface area contributed by atoms with Gasteiger partial charge in [-0.2, -0.15) is 0 Å². The van der Waals surface area contributed by atoms with Crippen molar-refractivity contribution < 1.29 is 29.6 Å². The van der Waals surface area contributed by atoms with Crippen molar-refractivity contribution in [1.29, 1.82) is 0 Å². The van der Waals surface area contributed by atoms with Gasteiger partial charge in [0, 0.05) is 12.8 Å². The highest BCUT2D eigenvalue weighted by Crippen LogP contribution is 2.22. The number of carboxylic acid groups (broad SMARTS) is 1. The maximum Gasteiger partial charge on any atom is 0.303 e. The Morgan fingerprint density at radius 2 is 2.11 bits per heavy atom. The molecular formula is C12H22O6. The summed E-state index contributed by atoms with van der Waals surface area (Å²) in [7, 11) is 0. The van der Waals surface area contributed by atoms with E-state index in [1.165, 1.54) is 0 Å². The first-order valence-corrected chi connectivity index (χ1v) is 6.29. The third kappa shape index (κ3) is 4.89. The molecule has 1 heterocycles. The Bertz CT molecular complexity index is 269. The highest BCUT2D eigenvalue weighted by Gasteiger charge is 2.35. The van der Waals surface area contributed by atoms with E-state index in [2.05, 4.69) is 0 Å². The monoisotopic (exact) mass is 262 g/mol. The summed E-state index contributed by atoms with van der Waals surface area (Å²) in [6, 6.07) is 0. The molecule has 1 saturated heterocycles. The van der Waals surface area contributed by atoms with Gasteiger partial charge in [0.2, 0.25) is 0 Å². The maximum atomic E-state index is 10.4. The highest BCUT2D eigenvalue weighted by atomic mass is 16.7. The minimum Gasteiger partial charge on any atom is -0.481 e. The molecule has 1 rings (SSSR count). The predicted octanol–water partition coefficient (Wildman–Crippen LogP) is 0.503. The summed E-state index contributed by atoms with van der Waals surface area (Å²) < 4.78 is 10.9. The largest absolute Gasteiger partial charge is 0.481 e. The van der Waals surface area contributed by atoms with E-state index >= 15 is 0 Å². The van der Waals surface area contributed by atoms with Gasteiger partial charge in [-0.3, -0.25) is 4.79 Å².